The summed E-state index contributed by atoms with van der Waals surface area (Å²) in [5.41, 5.74) is 11.5. The van der Waals surface area contributed by atoms with Crippen LogP contribution in [-0.4, -0.2) is 13.1 Å². The van der Waals surface area contributed by atoms with Crippen molar-refractivity contribution in [1.82, 2.24) is 5.32 Å². The first kappa shape index (κ1) is 14.2. The van der Waals surface area contributed by atoms with E-state index >= 15 is 0 Å². The maximum atomic E-state index is 5.72. The van der Waals surface area contributed by atoms with Crippen LogP contribution in [0.15, 0.2) is 12.1 Å². The molecule has 0 fully saturated rings. The van der Waals surface area contributed by atoms with Crippen molar-refractivity contribution >= 4 is 0 Å². The third kappa shape index (κ3) is 3.83. The minimum absolute atomic E-state index is 0.174. The van der Waals surface area contributed by atoms with Crippen LogP contribution in [0, 0.1) is 26.2 Å². The number of aryl methyl sites for hydroxylation is 1. The average molecular weight is 234 g/mol. The second kappa shape index (κ2) is 5.65. The standard InChI is InChI=1S/C15H26N2/c1-11-6-7-14(13(3)12(11)2)8-17-10-15(4,5)9-16/h6-7,17H,8-10,16H2,1-5H3. The highest BCUT2D eigenvalue weighted by atomic mass is 14.9. The Balaban J connectivity index is 2.62. The van der Waals surface area contributed by atoms with Crippen LogP contribution >= 0.6 is 0 Å². The van der Waals surface area contributed by atoms with Crippen molar-refractivity contribution in [2.24, 2.45) is 11.1 Å². The lowest BCUT2D eigenvalue weighted by Crippen LogP contribution is -2.35. The van der Waals surface area contributed by atoms with E-state index in [1.165, 1.54) is 22.3 Å². The molecule has 1 rings (SSSR count). The van der Waals surface area contributed by atoms with E-state index in [4.69, 9.17) is 5.73 Å². The van der Waals surface area contributed by atoms with Gasteiger partial charge in [-0.3, -0.25) is 0 Å². The zero-order valence-corrected chi connectivity index (χ0v) is 11.9. The van der Waals surface area contributed by atoms with Crippen LogP contribution in [-0.2, 0) is 6.54 Å². The van der Waals surface area contributed by atoms with Crippen molar-refractivity contribution in [3.05, 3.63) is 34.4 Å². The molecule has 1 aromatic rings. The zero-order chi connectivity index (χ0) is 13.1. The second-order valence-electron chi connectivity index (χ2n) is 5.76. The van der Waals surface area contributed by atoms with E-state index in [2.05, 4.69) is 52.1 Å². The van der Waals surface area contributed by atoms with Gasteiger partial charge in [-0.05, 0) is 55.0 Å². The predicted octanol–water partition coefficient (Wildman–Crippen LogP) is 2.69. The summed E-state index contributed by atoms with van der Waals surface area (Å²) in [5.74, 6) is 0. The molecule has 0 spiro atoms. The maximum Gasteiger partial charge on any atom is 0.0208 e. The van der Waals surface area contributed by atoms with Gasteiger partial charge >= 0.3 is 0 Å². The molecule has 0 saturated carbocycles. The van der Waals surface area contributed by atoms with Crippen molar-refractivity contribution in [1.29, 1.82) is 0 Å². The fraction of sp³-hybridized carbons (Fsp3) is 0.600. The summed E-state index contributed by atoms with van der Waals surface area (Å²) >= 11 is 0. The van der Waals surface area contributed by atoms with Gasteiger partial charge < -0.3 is 11.1 Å². The van der Waals surface area contributed by atoms with Crippen molar-refractivity contribution in [2.45, 2.75) is 41.2 Å². The lowest BCUT2D eigenvalue weighted by atomic mass is 9.93. The van der Waals surface area contributed by atoms with Gasteiger partial charge in [-0.2, -0.15) is 0 Å². The lowest BCUT2D eigenvalue weighted by Gasteiger charge is -2.23. The molecule has 2 heteroatoms. The third-order valence-electron chi connectivity index (χ3n) is 3.64. The summed E-state index contributed by atoms with van der Waals surface area (Å²) in [6, 6.07) is 4.42. The van der Waals surface area contributed by atoms with Crippen LogP contribution in [0.2, 0.25) is 0 Å². The number of nitrogens with two attached hydrogens (primary N) is 1. The van der Waals surface area contributed by atoms with Crippen molar-refractivity contribution in [3.8, 4) is 0 Å². The van der Waals surface area contributed by atoms with Crippen LogP contribution in [0.4, 0.5) is 0 Å². The summed E-state index contributed by atoms with van der Waals surface area (Å²) in [5, 5.41) is 3.50. The summed E-state index contributed by atoms with van der Waals surface area (Å²) in [4.78, 5) is 0. The smallest absolute Gasteiger partial charge is 0.0208 e. The van der Waals surface area contributed by atoms with Gasteiger partial charge in [-0.1, -0.05) is 26.0 Å². The van der Waals surface area contributed by atoms with E-state index in [0.717, 1.165) is 13.1 Å². The third-order valence-corrected chi connectivity index (χ3v) is 3.64. The predicted molar refractivity (Wildman–Crippen MR) is 75.2 cm³/mol. The average Bonchev–Trinajstić information content (AvgIpc) is 2.29. The van der Waals surface area contributed by atoms with Crippen LogP contribution in [0.1, 0.15) is 36.1 Å². The van der Waals surface area contributed by atoms with E-state index in [0.29, 0.717) is 6.54 Å². The quantitative estimate of drug-likeness (QED) is 0.822. The monoisotopic (exact) mass is 234 g/mol. The number of hydrogen-bond acceptors (Lipinski definition) is 2. The van der Waals surface area contributed by atoms with Gasteiger partial charge in [0.1, 0.15) is 0 Å². The van der Waals surface area contributed by atoms with Gasteiger partial charge in [0, 0.05) is 13.1 Å². The molecule has 2 nitrogen and oxygen atoms in total. The Hall–Kier alpha value is -0.860. The van der Waals surface area contributed by atoms with Crippen LogP contribution < -0.4 is 11.1 Å². The van der Waals surface area contributed by atoms with E-state index in [-0.39, 0.29) is 5.41 Å². The van der Waals surface area contributed by atoms with Crippen molar-refractivity contribution in [3.63, 3.8) is 0 Å². The Morgan fingerprint density at radius 3 is 2.35 bits per heavy atom. The molecule has 3 N–H and O–H groups in total. The fourth-order valence-electron chi connectivity index (χ4n) is 1.81. The first-order chi connectivity index (χ1) is 7.87. The topological polar surface area (TPSA) is 38.0 Å². The summed E-state index contributed by atoms with van der Waals surface area (Å²) in [6.45, 7) is 13.5. The Morgan fingerprint density at radius 2 is 1.76 bits per heavy atom. The zero-order valence-electron chi connectivity index (χ0n) is 11.9. The molecule has 1 aromatic carbocycles. The Kier molecular flexibility index (Phi) is 4.72. The first-order valence-corrected chi connectivity index (χ1v) is 6.34. The molecule has 96 valence electrons. The van der Waals surface area contributed by atoms with Crippen molar-refractivity contribution in [2.75, 3.05) is 13.1 Å². The van der Waals surface area contributed by atoms with Gasteiger partial charge in [0.05, 0.1) is 0 Å². The minimum Gasteiger partial charge on any atom is -0.330 e. The fourth-order valence-corrected chi connectivity index (χ4v) is 1.81. The van der Waals surface area contributed by atoms with Crippen LogP contribution in [0.3, 0.4) is 0 Å². The van der Waals surface area contributed by atoms with Gasteiger partial charge in [-0.15, -0.1) is 0 Å². The molecule has 0 saturated heterocycles. The van der Waals surface area contributed by atoms with Crippen molar-refractivity contribution < 1.29 is 0 Å². The highest BCUT2D eigenvalue weighted by Gasteiger charge is 2.14. The Labute approximate surface area is 106 Å². The van der Waals surface area contributed by atoms with Crippen LogP contribution in [0.5, 0.6) is 0 Å². The first-order valence-electron chi connectivity index (χ1n) is 6.34. The largest absolute Gasteiger partial charge is 0.330 e. The lowest BCUT2D eigenvalue weighted by molar-refractivity contribution is 0.351. The van der Waals surface area contributed by atoms with Gasteiger partial charge in [-0.25, -0.2) is 0 Å². The Bertz CT molecular complexity index is 381. The molecule has 0 atom stereocenters. The molecule has 0 aliphatic rings. The van der Waals surface area contributed by atoms with Gasteiger partial charge in [0.2, 0.25) is 0 Å². The molecule has 0 amide bonds. The number of benzene rings is 1. The molecule has 17 heavy (non-hydrogen) atoms. The minimum atomic E-state index is 0.174. The van der Waals surface area contributed by atoms with E-state index in [1.54, 1.807) is 0 Å². The normalized spacial score (nSPS) is 11.9. The molecular formula is C15H26N2. The van der Waals surface area contributed by atoms with Gasteiger partial charge in [0.25, 0.3) is 0 Å². The molecular weight excluding hydrogens is 208 g/mol. The SMILES string of the molecule is Cc1ccc(CNCC(C)(C)CN)c(C)c1C. The highest BCUT2D eigenvalue weighted by molar-refractivity contribution is 5.38. The molecule has 0 aromatic heterocycles. The Morgan fingerprint density at radius 1 is 1.12 bits per heavy atom. The molecule has 0 heterocycles. The maximum absolute atomic E-state index is 5.72. The molecule has 0 aliphatic heterocycles. The number of hydrogen-bond donors (Lipinski definition) is 2. The van der Waals surface area contributed by atoms with E-state index in [9.17, 15) is 0 Å². The molecule has 0 aliphatic carbocycles. The number of nitrogens with one attached hydrogen (secondary N) is 1. The molecule has 0 radical (unpaired) electrons. The summed E-state index contributed by atoms with van der Waals surface area (Å²) in [6.07, 6.45) is 0. The summed E-state index contributed by atoms with van der Waals surface area (Å²) in [7, 11) is 0. The molecule has 0 bridgehead atoms. The van der Waals surface area contributed by atoms with Crippen LogP contribution in [0.25, 0.3) is 0 Å². The highest BCUT2D eigenvalue weighted by Crippen LogP contribution is 2.17. The molecule has 0 unspecified atom stereocenters. The van der Waals surface area contributed by atoms with E-state index < -0.39 is 0 Å². The van der Waals surface area contributed by atoms with Gasteiger partial charge in [0.15, 0.2) is 0 Å². The summed E-state index contributed by atoms with van der Waals surface area (Å²) < 4.78 is 0. The number of rotatable bonds is 5. The second-order valence-corrected chi connectivity index (χ2v) is 5.76. The van der Waals surface area contributed by atoms with E-state index in [1.807, 2.05) is 0 Å².